The van der Waals surface area contributed by atoms with Gasteiger partial charge in [-0.05, 0) is 44.9 Å². The van der Waals surface area contributed by atoms with Crippen molar-refractivity contribution in [2.45, 2.75) is 52.1 Å². The molecule has 1 aliphatic carbocycles. The van der Waals surface area contributed by atoms with Gasteiger partial charge in [-0.1, -0.05) is 19.8 Å². The molecule has 0 bridgehead atoms. The summed E-state index contributed by atoms with van der Waals surface area (Å²) in [6.07, 6.45) is 5.50. The van der Waals surface area contributed by atoms with Crippen molar-refractivity contribution in [1.29, 1.82) is 0 Å². The summed E-state index contributed by atoms with van der Waals surface area (Å²) < 4.78 is 5.60. The van der Waals surface area contributed by atoms with Gasteiger partial charge in [-0.3, -0.25) is 4.90 Å². The number of rotatable bonds is 6. The molecule has 0 spiro atoms. The highest BCUT2D eigenvalue weighted by molar-refractivity contribution is 5.05. The maximum atomic E-state index is 5.60. The van der Waals surface area contributed by atoms with Crippen LogP contribution in [0.4, 0.5) is 0 Å². The van der Waals surface area contributed by atoms with E-state index in [1.807, 2.05) is 13.0 Å². The van der Waals surface area contributed by atoms with Crippen molar-refractivity contribution in [3.05, 3.63) is 23.7 Å². The molecule has 1 N–H and O–H groups in total. The molecule has 2 unspecified atom stereocenters. The smallest absolute Gasteiger partial charge is 0.118 e. The average molecular weight is 264 g/mol. The first-order valence-corrected chi connectivity index (χ1v) is 7.60. The van der Waals surface area contributed by atoms with Gasteiger partial charge in [0.25, 0.3) is 0 Å². The van der Waals surface area contributed by atoms with Crippen LogP contribution in [0.5, 0.6) is 0 Å². The topological polar surface area (TPSA) is 28.4 Å². The van der Waals surface area contributed by atoms with Crippen LogP contribution < -0.4 is 5.32 Å². The van der Waals surface area contributed by atoms with Gasteiger partial charge in [-0.2, -0.15) is 0 Å². The average Bonchev–Trinajstić information content (AvgIpc) is 2.75. The number of likely N-dealkylation sites (N-methyl/N-ethyl adjacent to an activating group) is 1. The second-order valence-electron chi connectivity index (χ2n) is 6.17. The Bertz CT molecular complexity index is 375. The highest BCUT2D eigenvalue weighted by Crippen LogP contribution is 2.23. The van der Waals surface area contributed by atoms with Crippen LogP contribution in [0, 0.1) is 12.8 Å². The lowest BCUT2D eigenvalue weighted by Crippen LogP contribution is -2.38. The first-order chi connectivity index (χ1) is 9.13. The monoisotopic (exact) mass is 264 g/mol. The van der Waals surface area contributed by atoms with E-state index in [1.54, 1.807) is 0 Å². The molecular weight excluding hydrogens is 236 g/mol. The normalized spacial score (nSPS) is 24.0. The van der Waals surface area contributed by atoms with E-state index < -0.39 is 0 Å². The van der Waals surface area contributed by atoms with Crippen molar-refractivity contribution in [1.82, 2.24) is 10.2 Å². The Hall–Kier alpha value is -0.800. The van der Waals surface area contributed by atoms with E-state index in [-0.39, 0.29) is 0 Å². The Morgan fingerprint density at radius 1 is 1.37 bits per heavy atom. The van der Waals surface area contributed by atoms with Crippen LogP contribution in [0.2, 0.25) is 0 Å². The zero-order chi connectivity index (χ0) is 13.7. The van der Waals surface area contributed by atoms with Crippen LogP contribution in [-0.4, -0.2) is 31.1 Å². The summed E-state index contributed by atoms with van der Waals surface area (Å²) in [6.45, 7) is 7.42. The molecule has 0 saturated heterocycles. The molecule has 3 heteroatoms. The summed E-state index contributed by atoms with van der Waals surface area (Å²) in [5, 5.41) is 3.70. The third-order valence-electron chi connectivity index (χ3n) is 4.08. The van der Waals surface area contributed by atoms with Gasteiger partial charge >= 0.3 is 0 Å². The first kappa shape index (κ1) is 14.6. The lowest BCUT2D eigenvalue weighted by molar-refractivity contribution is 0.263. The van der Waals surface area contributed by atoms with Crippen molar-refractivity contribution >= 4 is 0 Å². The molecule has 0 amide bonds. The standard InChI is InChI=1S/C16H28N2O/c1-13-5-4-6-15(11-13)17-9-10-18(3)12-16-8-7-14(2)19-16/h7-8,13,15,17H,4-6,9-12H2,1-3H3. The van der Waals surface area contributed by atoms with Crippen molar-refractivity contribution in [3.63, 3.8) is 0 Å². The Morgan fingerprint density at radius 3 is 2.89 bits per heavy atom. The van der Waals surface area contributed by atoms with Crippen LogP contribution in [0.25, 0.3) is 0 Å². The second-order valence-corrected chi connectivity index (χ2v) is 6.17. The van der Waals surface area contributed by atoms with Gasteiger partial charge in [0.15, 0.2) is 0 Å². The summed E-state index contributed by atoms with van der Waals surface area (Å²) >= 11 is 0. The van der Waals surface area contributed by atoms with E-state index in [4.69, 9.17) is 4.42 Å². The SMILES string of the molecule is Cc1ccc(CN(C)CCNC2CCCC(C)C2)o1. The molecular formula is C16H28N2O. The van der Waals surface area contributed by atoms with Gasteiger partial charge in [-0.15, -0.1) is 0 Å². The summed E-state index contributed by atoms with van der Waals surface area (Å²) in [5.41, 5.74) is 0. The highest BCUT2D eigenvalue weighted by Gasteiger charge is 2.17. The molecule has 108 valence electrons. The number of nitrogens with zero attached hydrogens (tertiary/aromatic N) is 1. The van der Waals surface area contributed by atoms with E-state index in [0.717, 1.165) is 43.1 Å². The maximum absolute atomic E-state index is 5.60. The van der Waals surface area contributed by atoms with Crippen molar-refractivity contribution < 1.29 is 4.42 Å². The van der Waals surface area contributed by atoms with Gasteiger partial charge in [-0.25, -0.2) is 0 Å². The fraction of sp³-hybridized carbons (Fsp3) is 0.750. The van der Waals surface area contributed by atoms with Gasteiger partial charge in [0, 0.05) is 19.1 Å². The predicted octanol–water partition coefficient (Wildman–Crippen LogP) is 3.19. The molecule has 1 aliphatic rings. The summed E-state index contributed by atoms with van der Waals surface area (Å²) in [4.78, 5) is 2.32. The fourth-order valence-electron chi connectivity index (χ4n) is 2.99. The lowest BCUT2D eigenvalue weighted by Gasteiger charge is -2.28. The minimum atomic E-state index is 0.739. The van der Waals surface area contributed by atoms with Crippen LogP contribution in [0.1, 0.15) is 44.1 Å². The number of nitrogens with one attached hydrogen (secondary N) is 1. The number of aryl methyl sites for hydroxylation is 1. The molecule has 1 aromatic rings. The van der Waals surface area contributed by atoms with Crippen molar-refractivity contribution in [2.75, 3.05) is 20.1 Å². The Balaban J connectivity index is 1.62. The van der Waals surface area contributed by atoms with Gasteiger partial charge < -0.3 is 9.73 Å². The molecule has 2 atom stereocenters. The van der Waals surface area contributed by atoms with Gasteiger partial charge in [0.05, 0.1) is 6.54 Å². The van der Waals surface area contributed by atoms with E-state index in [2.05, 4.69) is 30.3 Å². The van der Waals surface area contributed by atoms with E-state index >= 15 is 0 Å². The molecule has 0 aliphatic heterocycles. The molecule has 19 heavy (non-hydrogen) atoms. The minimum absolute atomic E-state index is 0.739. The number of furan rings is 1. The van der Waals surface area contributed by atoms with E-state index in [1.165, 1.54) is 25.7 Å². The quantitative estimate of drug-likeness (QED) is 0.855. The largest absolute Gasteiger partial charge is 0.465 e. The van der Waals surface area contributed by atoms with Crippen LogP contribution in [0.15, 0.2) is 16.5 Å². The summed E-state index contributed by atoms with van der Waals surface area (Å²) in [6, 6.07) is 4.84. The molecule has 1 saturated carbocycles. The van der Waals surface area contributed by atoms with E-state index in [9.17, 15) is 0 Å². The Morgan fingerprint density at radius 2 is 2.21 bits per heavy atom. The summed E-state index contributed by atoms with van der Waals surface area (Å²) in [5.74, 6) is 2.96. The van der Waals surface area contributed by atoms with Gasteiger partial charge in [0.2, 0.25) is 0 Å². The molecule has 2 rings (SSSR count). The first-order valence-electron chi connectivity index (χ1n) is 7.60. The maximum Gasteiger partial charge on any atom is 0.118 e. The van der Waals surface area contributed by atoms with E-state index in [0.29, 0.717) is 0 Å². The summed E-state index contributed by atoms with van der Waals surface area (Å²) in [7, 11) is 2.16. The Labute approximate surface area is 117 Å². The zero-order valence-corrected chi connectivity index (χ0v) is 12.6. The van der Waals surface area contributed by atoms with Gasteiger partial charge in [0.1, 0.15) is 11.5 Å². The molecule has 1 aromatic heterocycles. The second kappa shape index (κ2) is 7.11. The highest BCUT2D eigenvalue weighted by atomic mass is 16.3. The third-order valence-corrected chi connectivity index (χ3v) is 4.08. The van der Waals surface area contributed by atoms with Crippen LogP contribution in [-0.2, 0) is 6.54 Å². The Kier molecular flexibility index (Phi) is 5.46. The molecule has 3 nitrogen and oxygen atoms in total. The molecule has 0 radical (unpaired) electrons. The van der Waals surface area contributed by atoms with Crippen molar-refractivity contribution in [2.24, 2.45) is 5.92 Å². The predicted molar refractivity (Wildman–Crippen MR) is 79.2 cm³/mol. The van der Waals surface area contributed by atoms with Crippen molar-refractivity contribution in [3.8, 4) is 0 Å². The molecule has 1 heterocycles. The van der Waals surface area contributed by atoms with Crippen LogP contribution >= 0.6 is 0 Å². The lowest BCUT2D eigenvalue weighted by atomic mass is 9.87. The molecule has 1 fully saturated rings. The fourth-order valence-corrected chi connectivity index (χ4v) is 2.99. The third kappa shape index (κ3) is 5.00. The minimum Gasteiger partial charge on any atom is -0.465 e. The number of hydrogen-bond acceptors (Lipinski definition) is 3. The molecule has 0 aromatic carbocycles. The van der Waals surface area contributed by atoms with Crippen LogP contribution in [0.3, 0.4) is 0 Å². The zero-order valence-electron chi connectivity index (χ0n) is 12.6. The number of hydrogen-bond donors (Lipinski definition) is 1.